The molecule has 0 aliphatic carbocycles. The van der Waals surface area contributed by atoms with Crippen molar-refractivity contribution in [2.75, 3.05) is 7.11 Å². The minimum Gasteiger partial charge on any atom is -0.479 e. The van der Waals surface area contributed by atoms with Crippen molar-refractivity contribution in [3.63, 3.8) is 0 Å². The van der Waals surface area contributed by atoms with Gasteiger partial charge in [-0.3, -0.25) is 0 Å². The van der Waals surface area contributed by atoms with E-state index in [1.165, 1.54) is 5.56 Å². The number of hydrogen-bond donors (Lipinski definition) is 0. The molecule has 0 atom stereocenters. The normalized spacial score (nSPS) is 11.8. The van der Waals surface area contributed by atoms with E-state index in [1.807, 2.05) is 32.1 Å². The number of benzene rings is 1. The zero-order valence-corrected chi connectivity index (χ0v) is 19.7. The van der Waals surface area contributed by atoms with Crippen molar-refractivity contribution in [1.82, 2.24) is 20.2 Å². The Morgan fingerprint density at radius 3 is 2.62 bits per heavy atom. The Kier molecular flexibility index (Phi) is 7.57. The van der Waals surface area contributed by atoms with Gasteiger partial charge in [0.05, 0.1) is 18.5 Å². The molecule has 0 radical (unpaired) electrons. The van der Waals surface area contributed by atoms with E-state index in [1.54, 1.807) is 13.2 Å². The second-order valence-corrected chi connectivity index (χ2v) is 8.67. The summed E-state index contributed by atoms with van der Waals surface area (Å²) in [4.78, 5) is 9.41. The molecule has 0 N–H and O–H groups in total. The summed E-state index contributed by atoms with van der Waals surface area (Å²) in [6.45, 7) is 12.1. The van der Waals surface area contributed by atoms with Crippen LogP contribution in [0.5, 0.6) is 5.88 Å². The van der Waals surface area contributed by atoms with Gasteiger partial charge in [0, 0.05) is 18.9 Å². The third-order valence-corrected chi connectivity index (χ3v) is 5.35. The number of hydrogen-bond acceptors (Lipinski definition) is 6. The van der Waals surface area contributed by atoms with Crippen LogP contribution in [0, 0.1) is 12.3 Å². The molecule has 168 valence electrons. The molecule has 0 saturated heterocycles. The average Bonchev–Trinajstić information content (AvgIpc) is 3.17. The standard InChI is InChI=1S/C26H32N4O2/c1-7-11-22-21(8-2)27-24(25(28-22)31-6)20-14-9-12-19(16-20)13-10-15-26(4,5)17-23-30-29-18(3)32-23/h7-9,11-12,14,16H,2,10,13,15,17H2,1,3-6H3/b11-7-. The first-order chi connectivity index (χ1) is 15.3. The van der Waals surface area contributed by atoms with Crippen LogP contribution in [0.2, 0.25) is 0 Å². The van der Waals surface area contributed by atoms with E-state index >= 15 is 0 Å². The lowest BCUT2D eigenvalue weighted by molar-refractivity contribution is 0.289. The molecule has 0 saturated carbocycles. The van der Waals surface area contributed by atoms with Crippen LogP contribution in [0.15, 0.2) is 41.3 Å². The topological polar surface area (TPSA) is 73.9 Å². The van der Waals surface area contributed by atoms with Crippen molar-refractivity contribution in [1.29, 1.82) is 0 Å². The highest BCUT2D eigenvalue weighted by atomic mass is 16.5. The first kappa shape index (κ1) is 23.4. The molecule has 2 heterocycles. The molecule has 0 fully saturated rings. The van der Waals surface area contributed by atoms with Crippen LogP contribution in [-0.2, 0) is 12.8 Å². The highest BCUT2D eigenvalue weighted by Crippen LogP contribution is 2.31. The fraction of sp³-hybridized carbons (Fsp3) is 0.385. The molecule has 0 amide bonds. The third kappa shape index (κ3) is 5.90. The van der Waals surface area contributed by atoms with Crippen LogP contribution in [0.25, 0.3) is 23.4 Å². The van der Waals surface area contributed by atoms with Crippen molar-refractivity contribution in [3.05, 3.63) is 65.7 Å². The number of ether oxygens (including phenoxy) is 1. The highest BCUT2D eigenvalue weighted by Gasteiger charge is 2.21. The zero-order valence-electron chi connectivity index (χ0n) is 19.7. The largest absolute Gasteiger partial charge is 0.479 e. The fourth-order valence-electron chi connectivity index (χ4n) is 3.76. The van der Waals surface area contributed by atoms with Gasteiger partial charge in [-0.1, -0.05) is 44.7 Å². The summed E-state index contributed by atoms with van der Waals surface area (Å²) in [5.74, 6) is 1.83. The van der Waals surface area contributed by atoms with Gasteiger partial charge < -0.3 is 9.15 Å². The fourth-order valence-corrected chi connectivity index (χ4v) is 3.76. The van der Waals surface area contributed by atoms with Gasteiger partial charge >= 0.3 is 0 Å². The maximum Gasteiger partial charge on any atom is 0.240 e. The molecular weight excluding hydrogens is 400 g/mol. The zero-order chi connectivity index (χ0) is 23.1. The van der Waals surface area contributed by atoms with Gasteiger partial charge in [0.15, 0.2) is 0 Å². The molecule has 2 aromatic heterocycles. The number of allylic oxidation sites excluding steroid dienone is 1. The average molecular weight is 433 g/mol. The summed E-state index contributed by atoms with van der Waals surface area (Å²) in [6.07, 6.45) is 9.43. The Morgan fingerprint density at radius 2 is 1.97 bits per heavy atom. The van der Waals surface area contributed by atoms with E-state index in [4.69, 9.17) is 14.1 Å². The van der Waals surface area contributed by atoms with Crippen LogP contribution < -0.4 is 4.74 Å². The molecule has 0 unspecified atom stereocenters. The second kappa shape index (κ2) is 10.4. The van der Waals surface area contributed by atoms with E-state index in [-0.39, 0.29) is 5.41 Å². The van der Waals surface area contributed by atoms with Gasteiger partial charge in [0.1, 0.15) is 5.69 Å². The number of aromatic nitrogens is 4. The summed E-state index contributed by atoms with van der Waals surface area (Å²) in [5.41, 5.74) is 4.55. The van der Waals surface area contributed by atoms with Crippen LogP contribution in [0.4, 0.5) is 0 Å². The maximum absolute atomic E-state index is 5.55. The maximum atomic E-state index is 5.55. The summed E-state index contributed by atoms with van der Waals surface area (Å²) in [6, 6.07) is 8.43. The summed E-state index contributed by atoms with van der Waals surface area (Å²) in [7, 11) is 1.62. The molecule has 32 heavy (non-hydrogen) atoms. The molecular formula is C26H32N4O2. The lowest BCUT2D eigenvalue weighted by atomic mass is 9.83. The Morgan fingerprint density at radius 1 is 1.16 bits per heavy atom. The lowest BCUT2D eigenvalue weighted by Crippen LogP contribution is -2.15. The summed E-state index contributed by atoms with van der Waals surface area (Å²) >= 11 is 0. The molecule has 3 rings (SSSR count). The smallest absolute Gasteiger partial charge is 0.240 e. The number of rotatable bonds is 10. The van der Waals surface area contributed by atoms with Crippen LogP contribution in [0.3, 0.4) is 0 Å². The van der Waals surface area contributed by atoms with E-state index in [0.717, 1.165) is 48.3 Å². The van der Waals surface area contributed by atoms with Crippen LogP contribution in [-0.4, -0.2) is 27.3 Å². The molecule has 3 aromatic rings. The lowest BCUT2D eigenvalue weighted by Gasteiger charge is -2.22. The van der Waals surface area contributed by atoms with Gasteiger partial charge in [-0.25, -0.2) is 9.97 Å². The summed E-state index contributed by atoms with van der Waals surface area (Å²) in [5, 5.41) is 8.07. The van der Waals surface area contributed by atoms with Crippen molar-refractivity contribution in [2.24, 2.45) is 5.41 Å². The molecule has 6 nitrogen and oxygen atoms in total. The molecule has 6 heteroatoms. The SMILES string of the molecule is C=Cc1nc(-c2cccc(CCCC(C)(C)Cc3nnc(C)o3)c2)c(OC)nc1/C=C\C. The van der Waals surface area contributed by atoms with E-state index in [2.05, 4.69) is 53.8 Å². The highest BCUT2D eigenvalue weighted by molar-refractivity contribution is 5.69. The number of methoxy groups -OCH3 is 1. The minimum atomic E-state index is 0.0900. The Hall–Kier alpha value is -3.28. The predicted molar refractivity (Wildman–Crippen MR) is 128 cm³/mol. The van der Waals surface area contributed by atoms with Crippen LogP contribution in [0.1, 0.15) is 62.3 Å². The van der Waals surface area contributed by atoms with Crippen molar-refractivity contribution in [3.8, 4) is 17.1 Å². The van der Waals surface area contributed by atoms with E-state index in [0.29, 0.717) is 17.7 Å². The predicted octanol–water partition coefficient (Wildman–Crippen LogP) is 6.11. The van der Waals surface area contributed by atoms with Gasteiger partial charge in [0.2, 0.25) is 17.7 Å². The number of nitrogens with zero attached hydrogens (tertiary/aromatic N) is 4. The Balaban J connectivity index is 1.73. The molecule has 0 aliphatic heterocycles. The van der Waals surface area contributed by atoms with E-state index in [9.17, 15) is 0 Å². The van der Waals surface area contributed by atoms with Crippen molar-refractivity contribution < 1.29 is 9.15 Å². The Labute approximate surface area is 190 Å². The van der Waals surface area contributed by atoms with Gasteiger partial charge in [0.25, 0.3) is 0 Å². The third-order valence-electron chi connectivity index (χ3n) is 5.35. The quantitative estimate of drug-likeness (QED) is 0.385. The van der Waals surface area contributed by atoms with Crippen molar-refractivity contribution in [2.45, 2.75) is 53.4 Å². The second-order valence-electron chi connectivity index (χ2n) is 8.67. The van der Waals surface area contributed by atoms with E-state index < -0.39 is 0 Å². The van der Waals surface area contributed by atoms with Gasteiger partial charge in [-0.05, 0) is 55.4 Å². The minimum absolute atomic E-state index is 0.0900. The first-order valence-corrected chi connectivity index (χ1v) is 10.9. The molecule has 0 aliphatic rings. The first-order valence-electron chi connectivity index (χ1n) is 10.9. The van der Waals surface area contributed by atoms with Crippen LogP contribution >= 0.6 is 0 Å². The van der Waals surface area contributed by atoms with Gasteiger partial charge in [-0.15, -0.1) is 10.2 Å². The summed E-state index contributed by atoms with van der Waals surface area (Å²) < 4.78 is 11.1. The Bertz CT molecular complexity index is 1100. The molecule has 0 bridgehead atoms. The van der Waals surface area contributed by atoms with Gasteiger partial charge in [-0.2, -0.15) is 0 Å². The van der Waals surface area contributed by atoms with Crippen molar-refractivity contribution >= 4 is 12.2 Å². The number of aryl methyl sites for hydroxylation is 2. The molecule has 0 spiro atoms. The monoisotopic (exact) mass is 432 g/mol. The molecule has 1 aromatic carbocycles.